The van der Waals surface area contributed by atoms with Gasteiger partial charge in [0.25, 0.3) is 0 Å². The normalized spacial score (nSPS) is 16.1. The van der Waals surface area contributed by atoms with Gasteiger partial charge < -0.3 is 10.2 Å². The van der Waals surface area contributed by atoms with E-state index in [1.165, 1.54) is 6.08 Å². The second-order valence-corrected chi connectivity index (χ2v) is 1.75. The van der Waals surface area contributed by atoms with Gasteiger partial charge in [0.1, 0.15) is 0 Å². The zero-order valence-electron chi connectivity index (χ0n) is 5.26. The molecule has 0 bridgehead atoms. The van der Waals surface area contributed by atoms with Gasteiger partial charge in [0.2, 0.25) is 0 Å². The first kappa shape index (κ1) is 7.50. The van der Waals surface area contributed by atoms with Crippen LogP contribution in [0.3, 0.4) is 0 Å². The average Bonchev–Trinajstić information content (AvgIpc) is 1.65. The molecular formula is C6H12O2. The molecule has 8 heavy (non-hydrogen) atoms. The summed E-state index contributed by atoms with van der Waals surface area (Å²) in [6, 6.07) is 0. The second-order valence-electron chi connectivity index (χ2n) is 1.75. The Hall–Kier alpha value is -0.500. The molecule has 0 rings (SSSR count). The van der Waals surface area contributed by atoms with E-state index < -0.39 is 6.10 Å². The Morgan fingerprint density at radius 3 is 2.38 bits per heavy atom. The Balaban J connectivity index is 3.56. The first-order valence-electron chi connectivity index (χ1n) is 2.74. The number of hydrogen-bond donors (Lipinski definition) is 2. The summed E-state index contributed by atoms with van der Waals surface area (Å²) in [5.74, 6) is 0.250. The van der Waals surface area contributed by atoms with Gasteiger partial charge in [-0.05, 0) is 13.0 Å². The lowest BCUT2D eigenvalue weighted by atomic mass is 10.3. The third-order valence-corrected chi connectivity index (χ3v) is 0.796. The Labute approximate surface area is 49.5 Å². The molecule has 0 aliphatic heterocycles. The number of allylic oxidation sites excluding steroid dienone is 1. The molecule has 0 aromatic carbocycles. The summed E-state index contributed by atoms with van der Waals surface area (Å²) < 4.78 is 0. The molecule has 1 atom stereocenters. The summed E-state index contributed by atoms with van der Waals surface area (Å²) in [5.41, 5.74) is 0. The van der Waals surface area contributed by atoms with E-state index in [2.05, 4.69) is 0 Å². The van der Waals surface area contributed by atoms with Crippen LogP contribution in [-0.2, 0) is 0 Å². The van der Waals surface area contributed by atoms with Crippen LogP contribution < -0.4 is 0 Å². The van der Waals surface area contributed by atoms with E-state index in [1.807, 2.05) is 6.92 Å². The number of aliphatic hydroxyl groups excluding tert-OH is 2. The fourth-order valence-electron chi connectivity index (χ4n) is 0.396. The van der Waals surface area contributed by atoms with E-state index in [-0.39, 0.29) is 5.76 Å². The minimum atomic E-state index is -0.532. The molecule has 0 saturated heterocycles. The van der Waals surface area contributed by atoms with E-state index in [1.54, 1.807) is 6.92 Å². The molecule has 2 N–H and O–H groups in total. The van der Waals surface area contributed by atoms with Crippen molar-refractivity contribution in [3.05, 3.63) is 11.8 Å². The van der Waals surface area contributed by atoms with Crippen LogP contribution in [0, 0.1) is 0 Å². The molecule has 0 saturated carbocycles. The van der Waals surface area contributed by atoms with Crippen LogP contribution in [0.4, 0.5) is 0 Å². The molecule has 1 unspecified atom stereocenters. The van der Waals surface area contributed by atoms with Crippen LogP contribution in [0.15, 0.2) is 11.8 Å². The van der Waals surface area contributed by atoms with Crippen LogP contribution in [0.2, 0.25) is 0 Å². The molecule has 0 aromatic rings. The molecule has 0 spiro atoms. The van der Waals surface area contributed by atoms with Gasteiger partial charge in [-0.15, -0.1) is 0 Å². The number of rotatable bonds is 2. The highest BCUT2D eigenvalue weighted by Gasteiger charge is 1.90. The summed E-state index contributed by atoms with van der Waals surface area (Å²) in [5, 5.41) is 17.3. The van der Waals surface area contributed by atoms with E-state index >= 15 is 0 Å². The smallest absolute Gasteiger partial charge is 0.0905 e. The standard InChI is InChI=1S/C6H12O2/c1-3-6(8)4-5(2)7/h4-5,7-8H,3H2,1-2H3. The Bertz CT molecular complexity index is 84.5. The van der Waals surface area contributed by atoms with Gasteiger partial charge in [0.05, 0.1) is 11.9 Å². The first-order valence-corrected chi connectivity index (χ1v) is 2.74. The molecule has 2 heteroatoms. The molecule has 2 nitrogen and oxygen atoms in total. The summed E-state index contributed by atoms with van der Waals surface area (Å²) in [7, 11) is 0. The van der Waals surface area contributed by atoms with Crippen LogP contribution in [0.1, 0.15) is 20.3 Å². The first-order chi connectivity index (χ1) is 3.66. The highest BCUT2D eigenvalue weighted by Crippen LogP contribution is 1.95. The van der Waals surface area contributed by atoms with E-state index in [9.17, 15) is 0 Å². The molecule has 48 valence electrons. The summed E-state index contributed by atoms with van der Waals surface area (Å²) >= 11 is 0. The maximum Gasteiger partial charge on any atom is 0.0905 e. The predicted octanol–water partition coefficient (Wildman–Crippen LogP) is 1.22. The van der Waals surface area contributed by atoms with Gasteiger partial charge in [-0.2, -0.15) is 0 Å². The maximum absolute atomic E-state index is 8.73. The lowest BCUT2D eigenvalue weighted by molar-refractivity contribution is 0.236. The van der Waals surface area contributed by atoms with Gasteiger partial charge in [0.15, 0.2) is 0 Å². The zero-order valence-corrected chi connectivity index (χ0v) is 5.26. The Kier molecular flexibility index (Phi) is 3.28. The van der Waals surface area contributed by atoms with Gasteiger partial charge in [-0.25, -0.2) is 0 Å². The van der Waals surface area contributed by atoms with Gasteiger partial charge >= 0.3 is 0 Å². The van der Waals surface area contributed by atoms with E-state index in [4.69, 9.17) is 10.2 Å². The average molecular weight is 116 g/mol. The maximum atomic E-state index is 8.73. The van der Waals surface area contributed by atoms with Gasteiger partial charge in [0, 0.05) is 6.42 Å². The minimum Gasteiger partial charge on any atom is -0.513 e. The minimum absolute atomic E-state index is 0.250. The fourth-order valence-corrected chi connectivity index (χ4v) is 0.396. The quantitative estimate of drug-likeness (QED) is 0.532. The molecule has 0 heterocycles. The summed E-state index contributed by atoms with van der Waals surface area (Å²) in [4.78, 5) is 0. The molecule has 0 fully saturated rings. The van der Waals surface area contributed by atoms with Crippen molar-refractivity contribution in [1.29, 1.82) is 0 Å². The van der Waals surface area contributed by atoms with Crippen molar-refractivity contribution in [2.24, 2.45) is 0 Å². The third kappa shape index (κ3) is 3.68. The van der Waals surface area contributed by atoms with Crippen LogP contribution in [0.25, 0.3) is 0 Å². The van der Waals surface area contributed by atoms with Gasteiger partial charge in [-0.3, -0.25) is 0 Å². The van der Waals surface area contributed by atoms with E-state index in [0.29, 0.717) is 6.42 Å². The molecule has 0 aliphatic carbocycles. The van der Waals surface area contributed by atoms with Crippen LogP contribution in [0.5, 0.6) is 0 Å². The zero-order chi connectivity index (χ0) is 6.57. The predicted molar refractivity (Wildman–Crippen MR) is 32.7 cm³/mol. The second kappa shape index (κ2) is 3.50. The number of hydrogen-bond acceptors (Lipinski definition) is 2. The van der Waals surface area contributed by atoms with Crippen LogP contribution in [-0.4, -0.2) is 16.3 Å². The topological polar surface area (TPSA) is 40.5 Å². The van der Waals surface area contributed by atoms with Crippen molar-refractivity contribution >= 4 is 0 Å². The molecule has 0 amide bonds. The largest absolute Gasteiger partial charge is 0.513 e. The molecule has 0 aromatic heterocycles. The lowest BCUT2D eigenvalue weighted by Crippen LogP contribution is -1.94. The highest BCUT2D eigenvalue weighted by atomic mass is 16.3. The molecule has 0 aliphatic rings. The molecule has 0 radical (unpaired) electrons. The lowest BCUT2D eigenvalue weighted by Gasteiger charge is -1.95. The highest BCUT2D eigenvalue weighted by molar-refractivity contribution is 4.92. The summed E-state index contributed by atoms with van der Waals surface area (Å²) in [6.45, 7) is 3.43. The van der Waals surface area contributed by atoms with Crippen LogP contribution >= 0.6 is 0 Å². The van der Waals surface area contributed by atoms with Crippen molar-refractivity contribution in [3.8, 4) is 0 Å². The molecular weight excluding hydrogens is 104 g/mol. The third-order valence-electron chi connectivity index (χ3n) is 0.796. The Morgan fingerprint density at radius 1 is 1.75 bits per heavy atom. The van der Waals surface area contributed by atoms with Crippen molar-refractivity contribution in [3.63, 3.8) is 0 Å². The van der Waals surface area contributed by atoms with Gasteiger partial charge in [-0.1, -0.05) is 6.92 Å². The number of aliphatic hydroxyl groups is 2. The fraction of sp³-hybridized carbons (Fsp3) is 0.667. The van der Waals surface area contributed by atoms with Crippen molar-refractivity contribution in [1.82, 2.24) is 0 Å². The Morgan fingerprint density at radius 2 is 2.25 bits per heavy atom. The van der Waals surface area contributed by atoms with Crippen molar-refractivity contribution < 1.29 is 10.2 Å². The van der Waals surface area contributed by atoms with E-state index in [0.717, 1.165) is 0 Å². The summed E-state index contributed by atoms with van der Waals surface area (Å²) in [6.07, 6.45) is 1.47. The van der Waals surface area contributed by atoms with Crippen molar-refractivity contribution in [2.45, 2.75) is 26.4 Å². The monoisotopic (exact) mass is 116 g/mol. The van der Waals surface area contributed by atoms with Crippen molar-refractivity contribution in [2.75, 3.05) is 0 Å². The SMILES string of the molecule is CCC(O)=CC(C)O.